The molecule has 1 unspecified atom stereocenters. The molecule has 1 atom stereocenters. The number of pyridine rings is 1. The van der Waals surface area contributed by atoms with Crippen molar-refractivity contribution in [2.75, 3.05) is 13.7 Å². The molecule has 0 saturated heterocycles. The van der Waals surface area contributed by atoms with Gasteiger partial charge in [-0.15, -0.1) is 0 Å². The Kier molecular flexibility index (Phi) is 3.47. The predicted octanol–water partition coefficient (Wildman–Crippen LogP) is 1.41. The average Bonchev–Trinajstić information content (AvgIpc) is 2.06. The number of aliphatic hydroxyl groups is 1. The van der Waals surface area contributed by atoms with Gasteiger partial charge in [0.2, 0.25) is 0 Å². The minimum Gasteiger partial charge on any atom is -0.384 e. The third-order valence-corrected chi connectivity index (χ3v) is 1.64. The smallest absolute Gasteiger partial charge is 0.119 e. The van der Waals surface area contributed by atoms with E-state index in [4.69, 9.17) is 16.3 Å². The van der Waals surface area contributed by atoms with E-state index in [2.05, 4.69) is 4.98 Å². The van der Waals surface area contributed by atoms with Crippen molar-refractivity contribution in [3.8, 4) is 0 Å². The van der Waals surface area contributed by atoms with E-state index in [9.17, 15) is 5.11 Å². The number of ether oxygens (including phenoxy) is 1. The molecule has 1 N–H and O–H groups in total. The lowest BCUT2D eigenvalue weighted by Gasteiger charge is -2.07. The molecular weight excluding hydrogens is 178 g/mol. The first-order valence-corrected chi connectivity index (χ1v) is 3.90. The van der Waals surface area contributed by atoms with Crippen LogP contribution in [0.1, 0.15) is 11.8 Å². The highest BCUT2D eigenvalue weighted by Gasteiger charge is 2.07. The Morgan fingerprint density at radius 2 is 2.42 bits per heavy atom. The Hall–Kier alpha value is -0.640. The third kappa shape index (κ3) is 2.44. The van der Waals surface area contributed by atoms with Crippen molar-refractivity contribution >= 4 is 11.6 Å². The van der Waals surface area contributed by atoms with Crippen LogP contribution in [0.3, 0.4) is 0 Å². The summed E-state index contributed by atoms with van der Waals surface area (Å²) in [5.41, 5.74) is 0.571. The van der Waals surface area contributed by atoms with Crippen molar-refractivity contribution in [3.05, 3.63) is 29.0 Å². The van der Waals surface area contributed by atoms with Gasteiger partial charge in [0.25, 0.3) is 0 Å². The largest absolute Gasteiger partial charge is 0.384 e. The Bertz CT molecular complexity index is 237. The molecule has 0 aliphatic rings. The first-order valence-electron chi connectivity index (χ1n) is 3.52. The molecule has 0 fully saturated rings. The molecule has 3 nitrogen and oxygen atoms in total. The van der Waals surface area contributed by atoms with E-state index in [-0.39, 0.29) is 6.61 Å². The van der Waals surface area contributed by atoms with Gasteiger partial charge in [-0.25, -0.2) is 0 Å². The Morgan fingerprint density at radius 3 is 2.92 bits per heavy atom. The minimum absolute atomic E-state index is 0.245. The molecule has 66 valence electrons. The van der Waals surface area contributed by atoms with Crippen molar-refractivity contribution in [1.82, 2.24) is 4.98 Å². The Morgan fingerprint density at radius 1 is 1.67 bits per heavy atom. The zero-order valence-electron chi connectivity index (χ0n) is 6.70. The fourth-order valence-electron chi connectivity index (χ4n) is 0.828. The fourth-order valence-corrected chi connectivity index (χ4v) is 0.939. The Labute approximate surface area is 76.0 Å². The van der Waals surface area contributed by atoms with Crippen LogP contribution in [0.4, 0.5) is 0 Å². The number of nitrogens with zero attached hydrogens (tertiary/aromatic N) is 1. The van der Waals surface area contributed by atoms with Gasteiger partial charge < -0.3 is 9.84 Å². The van der Waals surface area contributed by atoms with Crippen molar-refractivity contribution in [2.24, 2.45) is 0 Å². The van der Waals surface area contributed by atoms with E-state index in [0.717, 1.165) is 0 Å². The van der Waals surface area contributed by atoms with Crippen LogP contribution < -0.4 is 0 Å². The van der Waals surface area contributed by atoms with Gasteiger partial charge in [0.1, 0.15) is 6.10 Å². The maximum atomic E-state index is 9.38. The maximum Gasteiger partial charge on any atom is 0.119 e. The van der Waals surface area contributed by atoms with Gasteiger partial charge in [0.05, 0.1) is 17.3 Å². The topological polar surface area (TPSA) is 42.4 Å². The molecule has 1 heterocycles. The summed E-state index contributed by atoms with van der Waals surface area (Å²) in [4.78, 5) is 3.93. The molecule has 0 aliphatic heterocycles. The number of aliphatic hydroxyl groups excluding tert-OH is 1. The van der Waals surface area contributed by atoms with E-state index in [0.29, 0.717) is 10.7 Å². The van der Waals surface area contributed by atoms with Crippen LogP contribution in [-0.4, -0.2) is 23.8 Å². The van der Waals surface area contributed by atoms with E-state index >= 15 is 0 Å². The van der Waals surface area contributed by atoms with Crippen molar-refractivity contribution in [1.29, 1.82) is 0 Å². The number of hydrogen-bond acceptors (Lipinski definition) is 3. The lowest BCUT2D eigenvalue weighted by atomic mass is 10.2. The number of halogens is 1. The summed E-state index contributed by atoms with van der Waals surface area (Å²) in [5, 5.41) is 9.94. The van der Waals surface area contributed by atoms with E-state index in [1.165, 1.54) is 13.3 Å². The monoisotopic (exact) mass is 187 g/mol. The van der Waals surface area contributed by atoms with Crippen molar-refractivity contribution < 1.29 is 9.84 Å². The first kappa shape index (κ1) is 9.45. The van der Waals surface area contributed by atoms with Crippen LogP contribution in [0.2, 0.25) is 5.02 Å². The average molecular weight is 188 g/mol. The van der Waals surface area contributed by atoms with Crippen LogP contribution >= 0.6 is 11.6 Å². The second-order valence-corrected chi connectivity index (χ2v) is 2.81. The number of rotatable bonds is 3. The van der Waals surface area contributed by atoms with E-state index in [1.807, 2.05) is 0 Å². The molecule has 0 aromatic carbocycles. The van der Waals surface area contributed by atoms with Crippen LogP contribution in [0, 0.1) is 0 Å². The molecular formula is C8H10ClNO2. The van der Waals surface area contributed by atoms with Gasteiger partial charge in [-0.1, -0.05) is 11.6 Å². The van der Waals surface area contributed by atoms with Gasteiger partial charge in [0.15, 0.2) is 0 Å². The lowest BCUT2D eigenvalue weighted by molar-refractivity contribution is 0.0617. The summed E-state index contributed by atoms with van der Waals surface area (Å²) in [7, 11) is 1.53. The molecule has 1 aromatic heterocycles. The van der Waals surface area contributed by atoms with Crippen LogP contribution in [-0.2, 0) is 4.74 Å². The summed E-state index contributed by atoms with van der Waals surface area (Å²) in [6.07, 6.45) is 0.822. The molecule has 1 rings (SSSR count). The highest BCUT2D eigenvalue weighted by molar-refractivity contribution is 6.30. The predicted molar refractivity (Wildman–Crippen MR) is 46.1 cm³/mol. The number of methoxy groups -OCH3 is 1. The van der Waals surface area contributed by atoms with E-state index < -0.39 is 6.10 Å². The van der Waals surface area contributed by atoms with Gasteiger partial charge >= 0.3 is 0 Å². The minimum atomic E-state index is -0.674. The molecule has 12 heavy (non-hydrogen) atoms. The van der Waals surface area contributed by atoms with Crippen molar-refractivity contribution in [2.45, 2.75) is 6.10 Å². The second-order valence-electron chi connectivity index (χ2n) is 2.37. The maximum absolute atomic E-state index is 9.38. The highest BCUT2D eigenvalue weighted by Crippen LogP contribution is 2.12. The van der Waals surface area contributed by atoms with Gasteiger partial charge in [-0.3, -0.25) is 4.98 Å². The number of aromatic nitrogens is 1. The Balaban J connectivity index is 2.68. The third-order valence-electron chi connectivity index (χ3n) is 1.42. The fraction of sp³-hybridized carbons (Fsp3) is 0.375. The van der Waals surface area contributed by atoms with Gasteiger partial charge in [-0.2, -0.15) is 0 Å². The first-order chi connectivity index (χ1) is 5.74. The summed E-state index contributed by atoms with van der Waals surface area (Å²) in [6.45, 7) is 0.245. The molecule has 0 radical (unpaired) electrons. The number of hydrogen-bond donors (Lipinski definition) is 1. The molecule has 0 saturated carbocycles. The second kappa shape index (κ2) is 4.40. The quantitative estimate of drug-likeness (QED) is 0.778. The highest BCUT2D eigenvalue weighted by atomic mass is 35.5. The molecule has 0 bridgehead atoms. The molecule has 0 amide bonds. The molecule has 0 spiro atoms. The van der Waals surface area contributed by atoms with E-state index in [1.54, 1.807) is 12.1 Å². The summed E-state index contributed by atoms with van der Waals surface area (Å²) in [6, 6.07) is 3.36. The summed E-state index contributed by atoms with van der Waals surface area (Å²) in [5.74, 6) is 0. The lowest BCUT2D eigenvalue weighted by Crippen LogP contribution is -2.06. The van der Waals surface area contributed by atoms with Gasteiger partial charge in [0, 0.05) is 13.3 Å². The van der Waals surface area contributed by atoms with Gasteiger partial charge in [-0.05, 0) is 12.1 Å². The molecule has 0 aliphatic carbocycles. The summed E-state index contributed by atoms with van der Waals surface area (Å²) < 4.78 is 4.77. The molecule has 4 heteroatoms. The van der Waals surface area contributed by atoms with Crippen LogP contribution in [0.5, 0.6) is 0 Å². The van der Waals surface area contributed by atoms with Crippen LogP contribution in [0.15, 0.2) is 18.3 Å². The summed E-state index contributed by atoms with van der Waals surface area (Å²) >= 11 is 5.62. The SMILES string of the molecule is COCC(O)c1ccc(Cl)cn1. The normalized spacial score (nSPS) is 12.9. The van der Waals surface area contributed by atoms with Crippen LogP contribution in [0.25, 0.3) is 0 Å². The van der Waals surface area contributed by atoms with Crippen molar-refractivity contribution in [3.63, 3.8) is 0 Å². The zero-order valence-corrected chi connectivity index (χ0v) is 7.45. The molecule has 1 aromatic rings. The standard InChI is InChI=1S/C8H10ClNO2/c1-12-5-8(11)7-3-2-6(9)4-10-7/h2-4,8,11H,5H2,1H3. The zero-order chi connectivity index (χ0) is 8.97.